The summed E-state index contributed by atoms with van der Waals surface area (Å²) in [6, 6.07) is 8.81. The third-order valence-corrected chi connectivity index (χ3v) is 7.15. The maximum absolute atomic E-state index is 13.0. The molecule has 0 N–H and O–H groups in total. The lowest BCUT2D eigenvalue weighted by atomic mass is 9.78. The van der Waals surface area contributed by atoms with Gasteiger partial charge in [-0.15, -0.1) is 10.2 Å². The molecule has 28 heavy (non-hydrogen) atoms. The number of carbonyl (C=O) groups excluding carboxylic acids is 1. The van der Waals surface area contributed by atoms with E-state index in [9.17, 15) is 4.79 Å². The van der Waals surface area contributed by atoms with Crippen LogP contribution in [0.1, 0.15) is 51.0 Å². The van der Waals surface area contributed by atoms with Gasteiger partial charge in [0.25, 0.3) is 0 Å². The van der Waals surface area contributed by atoms with Crippen LogP contribution in [0, 0.1) is 12.8 Å². The van der Waals surface area contributed by atoms with Crippen LogP contribution in [0.15, 0.2) is 29.4 Å². The third kappa shape index (κ3) is 3.97. The molecule has 150 valence electrons. The molecule has 0 radical (unpaired) electrons. The Morgan fingerprint density at radius 1 is 1.18 bits per heavy atom. The van der Waals surface area contributed by atoms with Crippen molar-refractivity contribution in [3.05, 3.63) is 29.8 Å². The normalized spacial score (nSPS) is 22.1. The number of rotatable bonds is 5. The maximum atomic E-state index is 13.0. The second-order valence-corrected chi connectivity index (χ2v) is 8.99. The number of carbonyl (C=O) groups is 1. The topological polar surface area (TPSA) is 51.0 Å². The number of likely N-dealkylation sites (tertiary alicyclic amines) is 1. The molecular formula is C22H30N4OS. The smallest absolute Gasteiger partial charge is 0.233 e. The minimum atomic E-state index is 0.268. The van der Waals surface area contributed by atoms with Gasteiger partial charge in [-0.1, -0.05) is 48.4 Å². The summed E-state index contributed by atoms with van der Waals surface area (Å²) < 4.78 is 2.12. The van der Waals surface area contributed by atoms with Crippen LogP contribution < -0.4 is 0 Å². The van der Waals surface area contributed by atoms with Crippen LogP contribution in [-0.2, 0) is 11.3 Å². The predicted molar refractivity (Wildman–Crippen MR) is 113 cm³/mol. The number of fused-ring (bicyclic) bond motifs is 1. The van der Waals surface area contributed by atoms with Gasteiger partial charge in [-0.25, -0.2) is 0 Å². The van der Waals surface area contributed by atoms with Gasteiger partial charge >= 0.3 is 0 Å². The Labute approximate surface area is 171 Å². The highest BCUT2D eigenvalue weighted by Crippen LogP contribution is 2.36. The highest BCUT2D eigenvalue weighted by molar-refractivity contribution is 7.99. The fourth-order valence-corrected chi connectivity index (χ4v) is 5.71. The van der Waals surface area contributed by atoms with Gasteiger partial charge in [0.2, 0.25) is 5.91 Å². The number of hydrogen-bond acceptors (Lipinski definition) is 4. The van der Waals surface area contributed by atoms with Gasteiger partial charge < -0.3 is 9.47 Å². The van der Waals surface area contributed by atoms with Crippen molar-refractivity contribution in [2.24, 2.45) is 5.92 Å². The van der Waals surface area contributed by atoms with Gasteiger partial charge in [0, 0.05) is 24.7 Å². The second kappa shape index (κ2) is 8.68. The second-order valence-electron chi connectivity index (χ2n) is 8.05. The van der Waals surface area contributed by atoms with Crippen molar-refractivity contribution in [2.75, 3.05) is 12.3 Å². The Bertz CT molecular complexity index is 832. The fraction of sp³-hybridized carbons (Fsp3) is 0.591. The lowest BCUT2D eigenvalue weighted by Crippen LogP contribution is -2.50. The predicted octanol–water partition coefficient (Wildman–Crippen LogP) is 4.55. The molecule has 2 aromatic rings. The van der Waals surface area contributed by atoms with E-state index in [0.717, 1.165) is 42.0 Å². The number of nitrogens with zero attached hydrogens (tertiary/aromatic N) is 4. The Morgan fingerprint density at radius 3 is 2.82 bits per heavy atom. The quantitative estimate of drug-likeness (QED) is 0.694. The van der Waals surface area contributed by atoms with Crippen molar-refractivity contribution < 1.29 is 4.79 Å². The van der Waals surface area contributed by atoms with E-state index < -0.39 is 0 Å². The van der Waals surface area contributed by atoms with E-state index in [1.54, 1.807) is 0 Å². The largest absolute Gasteiger partial charge is 0.339 e. The summed E-state index contributed by atoms with van der Waals surface area (Å²) in [5, 5.41) is 9.66. The molecule has 1 aliphatic carbocycles. The van der Waals surface area contributed by atoms with Crippen molar-refractivity contribution in [1.82, 2.24) is 19.7 Å². The standard InChI is InChI=1S/C22H30N4OS/c1-3-25-21(18-10-6-8-16(2)14-18)23-24-22(25)28-15-20(27)26-13-7-11-17-9-4-5-12-19(17)26/h6,8,10,14,17,19H,3-5,7,9,11-13,15H2,1-2H3. The number of benzene rings is 1. The molecule has 0 bridgehead atoms. The first kappa shape index (κ1) is 19.5. The number of thioether (sulfide) groups is 1. The van der Waals surface area contributed by atoms with Gasteiger partial charge in [0.05, 0.1) is 5.75 Å². The molecule has 1 aromatic carbocycles. The van der Waals surface area contributed by atoms with Crippen LogP contribution in [0.5, 0.6) is 0 Å². The van der Waals surface area contributed by atoms with Crippen LogP contribution >= 0.6 is 11.8 Å². The summed E-state index contributed by atoms with van der Waals surface area (Å²) >= 11 is 1.53. The molecule has 1 aromatic heterocycles. The van der Waals surface area contributed by atoms with E-state index in [2.05, 4.69) is 51.7 Å². The van der Waals surface area contributed by atoms with Gasteiger partial charge in [-0.3, -0.25) is 4.79 Å². The SMILES string of the molecule is CCn1c(SCC(=O)N2CCCC3CCCCC32)nnc1-c1cccc(C)c1. The molecule has 2 aliphatic rings. The average Bonchev–Trinajstić information content (AvgIpc) is 3.14. The van der Waals surface area contributed by atoms with Gasteiger partial charge in [0.15, 0.2) is 11.0 Å². The molecule has 1 saturated heterocycles. The van der Waals surface area contributed by atoms with E-state index in [-0.39, 0.29) is 5.91 Å². The molecular weight excluding hydrogens is 368 g/mol. The van der Waals surface area contributed by atoms with Crippen LogP contribution in [0.25, 0.3) is 11.4 Å². The van der Waals surface area contributed by atoms with E-state index in [4.69, 9.17) is 0 Å². The third-order valence-electron chi connectivity index (χ3n) is 6.20. The number of amides is 1. The zero-order valence-electron chi connectivity index (χ0n) is 16.9. The molecule has 0 spiro atoms. The number of piperidine rings is 1. The summed E-state index contributed by atoms with van der Waals surface area (Å²) in [7, 11) is 0. The molecule has 2 fully saturated rings. The van der Waals surface area contributed by atoms with Gasteiger partial charge in [0.1, 0.15) is 0 Å². The first-order chi connectivity index (χ1) is 13.7. The van der Waals surface area contributed by atoms with Crippen molar-refractivity contribution in [3.8, 4) is 11.4 Å². The molecule has 2 heterocycles. The molecule has 2 atom stereocenters. The Hall–Kier alpha value is -1.82. The van der Waals surface area contributed by atoms with E-state index >= 15 is 0 Å². The number of aryl methyl sites for hydroxylation is 1. The van der Waals surface area contributed by atoms with E-state index in [0.29, 0.717) is 11.8 Å². The molecule has 4 rings (SSSR count). The fourth-order valence-electron chi connectivity index (χ4n) is 4.82. The Kier molecular flexibility index (Phi) is 6.04. The van der Waals surface area contributed by atoms with Crippen molar-refractivity contribution in [1.29, 1.82) is 0 Å². The summed E-state index contributed by atoms with van der Waals surface area (Å²) in [6.45, 7) is 5.91. The van der Waals surface area contributed by atoms with E-state index in [1.165, 1.54) is 49.4 Å². The Morgan fingerprint density at radius 2 is 2.00 bits per heavy atom. The summed E-state index contributed by atoms with van der Waals surface area (Å²) in [5.74, 6) is 2.33. The average molecular weight is 399 g/mol. The number of hydrogen-bond donors (Lipinski definition) is 0. The van der Waals surface area contributed by atoms with E-state index in [1.807, 2.05) is 6.07 Å². The van der Waals surface area contributed by atoms with Crippen molar-refractivity contribution >= 4 is 17.7 Å². The lowest BCUT2D eigenvalue weighted by molar-refractivity contribution is -0.134. The minimum Gasteiger partial charge on any atom is -0.339 e. The summed E-state index contributed by atoms with van der Waals surface area (Å²) in [4.78, 5) is 15.2. The molecule has 1 amide bonds. The maximum Gasteiger partial charge on any atom is 0.233 e. The molecule has 1 aliphatic heterocycles. The van der Waals surface area contributed by atoms with Gasteiger partial charge in [-0.2, -0.15) is 0 Å². The van der Waals surface area contributed by atoms with Crippen molar-refractivity contribution in [3.63, 3.8) is 0 Å². The molecule has 5 nitrogen and oxygen atoms in total. The monoisotopic (exact) mass is 398 g/mol. The number of aromatic nitrogens is 3. The first-order valence-electron chi connectivity index (χ1n) is 10.6. The zero-order valence-corrected chi connectivity index (χ0v) is 17.7. The van der Waals surface area contributed by atoms with Crippen LogP contribution in [-0.4, -0.2) is 43.9 Å². The highest BCUT2D eigenvalue weighted by atomic mass is 32.2. The minimum absolute atomic E-state index is 0.268. The van der Waals surface area contributed by atoms with Crippen LogP contribution in [0.2, 0.25) is 0 Å². The Balaban J connectivity index is 1.45. The zero-order chi connectivity index (χ0) is 19.5. The molecule has 1 saturated carbocycles. The molecule has 6 heteroatoms. The van der Waals surface area contributed by atoms with Crippen LogP contribution in [0.3, 0.4) is 0 Å². The molecule has 2 unspecified atom stereocenters. The summed E-state index contributed by atoms with van der Waals surface area (Å²) in [5.41, 5.74) is 2.29. The summed E-state index contributed by atoms with van der Waals surface area (Å²) in [6.07, 6.45) is 7.53. The van der Waals surface area contributed by atoms with Crippen LogP contribution in [0.4, 0.5) is 0 Å². The van der Waals surface area contributed by atoms with Crippen molar-refractivity contribution in [2.45, 2.75) is 70.1 Å². The van der Waals surface area contributed by atoms with Gasteiger partial charge in [-0.05, 0) is 51.5 Å². The lowest BCUT2D eigenvalue weighted by Gasteiger charge is -2.44. The highest BCUT2D eigenvalue weighted by Gasteiger charge is 2.35. The first-order valence-corrected chi connectivity index (χ1v) is 11.6.